The van der Waals surface area contributed by atoms with Gasteiger partial charge in [-0.25, -0.2) is 0 Å². The summed E-state index contributed by atoms with van der Waals surface area (Å²) >= 11 is 0. The number of nitrogens with zero attached hydrogens (tertiary/aromatic N) is 2. The molecule has 2 aromatic rings. The van der Waals surface area contributed by atoms with Crippen LogP contribution in [0, 0.1) is 0 Å². The predicted octanol–water partition coefficient (Wildman–Crippen LogP) is 2.53. The van der Waals surface area contributed by atoms with Crippen LogP contribution in [0.1, 0.15) is 30.6 Å². The van der Waals surface area contributed by atoms with E-state index in [9.17, 15) is 0 Å². The molecule has 0 aliphatic rings. The van der Waals surface area contributed by atoms with Gasteiger partial charge in [-0.2, -0.15) is 5.10 Å². The minimum absolute atomic E-state index is 0.0174. The molecule has 1 N–H and O–H groups in total. The first-order valence-electron chi connectivity index (χ1n) is 7.15. The van der Waals surface area contributed by atoms with Gasteiger partial charge in [-0.1, -0.05) is 19.1 Å². The molecule has 1 unspecified atom stereocenters. The molecule has 0 aliphatic carbocycles. The lowest BCUT2D eigenvalue weighted by molar-refractivity contribution is 0.348. The van der Waals surface area contributed by atoms with Gasteiger partial charge in [0.05, 0.1) is 26.0 Å². The minimum atomic E-state index is -0.0174. The van der Waals surface area contributed by atoms with Crippen LogP contribution in [0.5, 0.6) is 11.5 Å². The molecule has 1 heterocycles. The zero-order valence-electron chi connectivity index (χ0n) is 13.1. The first-order chi connectivity index (χ1) is 10.2. The molecule has 0 bridgehead atoms. The van der Waals surface area contributed by atoms with Crippen LogP contribution in [-0.4, -0.2) is 30.5 Å². The molecular weight excluding hydrogens is 266 g/mol. The molecular formula is C16H23N3O2. The van der Waals surface area contributed by atoms with Crippen molar-refractivity contribution in [2.45, 2.75) is 19.4 Å². The van der Waals surface area contributed by atoms with Gasteiger partial charge in [0, 0.05) is 18.8 Å². The summed E-state index contributed by atoms with van der Waals surface area (Å²) in [6.07, 6.45) is 3.00. The Morgan fingerprint density at radius 2 is 2.05 bits per heavy atom. The molecule has 2 rings (SSSR count). The summed E-state index contributed by atoms with van der Waals surface area (Å²) in [4.78, 5) is 0. The molecule has 1 aromatic heterocycles. The Balaban J connectivity index is 2.45. The monoisotopic (exact) mass is 289 g/mol. The summed E-state index contributed by atoms with van der Waals surface area (Å²) in [6.45, 7) is 3.05. The summed E-state index contributed by atoms with van der Waals surface area (Å²) < 4.78 is 12.8. The van der Waals surface area contributed by atoms with Gasteiger partial charge in [0.1, 0.15) is 0 Å². The highest BCUT2D eigenvalue weighted by atomic mass is 16.5. The van der Waals surface area contributed by atoms with Crippen molar-refractivity contribution in [3.8, 4) is 11.5 Å². The smallest absolute Gasteiger partial charge is 0.165 e. The minimum Gasteiger partial charge on any atom is -0.493 e. The highest BCUT2D eigenvalue weighted by Crippen LogP contribution is 2.36. The molecule has 5 nitrogen and oxygen atoms in total. The van der Waals surface area contributed by atoms with Crippen LogP contribution in [0.15, 0.2) is 30.5 Å². The Bertz CT molecular complexity index is 581. The van der Waals surface area contributed by atoms with E-state index in [4.69, 9.17) is 9.47 Å². The van der Waals surface area contributed by atoms with Crippen molar-refractivity contribution in [3.63, 3.8) is 0 Å². The third-order valence-corrected chi connectivity index (χ3v) is 3.37. The molecule has 0 amide bonds. The Labute approximate surface area is 125 Å². The predicted molar refractivity (Wildman–Crippen MR) is 82.9 cm³/mol. The summed E-state index contributed by atoms with van der Waals surface area (Å²) in [7, 11) is 5.23. The van der Waals surface area contributed by atoms with E-state index in [2.05, 4.69) is 17.3 Å². The van der Waals surface area contributed by atoms with Gasteiger partial charge in [-0.15, -0.1) is 0 Å². The van der Waals surface area contributed by atoms with Crippen LogP contribution >= 0.6 is 0 Å². The number of benzene rings is 1. The fourth-order valence-corrected chi connectivity index (χ4v) is 2.39. The summed E-state index contributed by atoms with van der Waals surface area (Å²) in [6, 6.07) is 7.92. The lowest BCUT2D eigenvalue weighted by atomic mass is 10.0. The zero-order valence-corrected chi connectivity index (χ0v) is 13.1. The van der Waals surface area contributed by atoms with Gasteiger partial charge in [0.25, 0.3) is 0 Å². The number of hydrogen-bond donors (Lipinski definition) is 1. The number of hydrogen-bond acceptors (Lipinski definition) is 4. The van der Waals surface area contributed by atoms with Crippen LogP contribution in [0.4, 0.5) is 0 Å². The largest absolute Gasteiger partial charge is 0.493 e. The summed E-state index contributed by atoms with van der Waals surface area (Å²) in [5.41, 5.74) is 2.00. The van der Waals surface area contributed by atoms with E-state index in [1.807, 2.05) is 42.2 Å². The second-order valence-corrected chi connectivity index (χ2v) is 4.88. The fourth-order valence-electron chi connectivity index (χ4n) is 2.39. The Morgan fingerprint density at radius 1 is 1.24 bits per heavy atom. The molecule has 0 saturated carbocycles. The maximum atomic E-state index is 5.56. The Morgan fingerprint density at radius 3 is 2.62 bits per heavy atom. The quantitative estimate of drug-likeness (QED) is 0.851. The third-order valence-electron chi connectivity index (χ3n) is 3.37. The van der Waals surface area contributed by atoms with Crippen molar-refractivity contribution < 1.29 is 9.47 Å². The van der Waals surface area contributed by atoms with E-state index in [0.717, 1.165) is 35.7 Å². The molecule has 114 valence electrons. The van der Waals surface area contributed by atoms with Gasteiger partial charge in [0.2, 0.25) is 0 Å². The average Bonchev–Trinajstić information content (AvgIpc) is 2.93. The SMILES string of the molecule is CCCNC(c1ccn(C)n1)c1cccc(OC)c1OC. The molecule has 0 fully saturated rings. The highest BCUT2D eigenvalue weighted by Gasteiger charge is 2.22. The van der Waals surface area contributed by atoms with Gasteiger partial charge >= 0.3 is 0 Å². The van der Waals surface area contributed by atoms with E-state index < -0.39 is 0 Å². The van der Waals surface area contributed by atoms with Crippen LogP contribution in [-0.2, 0) is 7.05 Å². The van der Waals surface area contributed by atoms with Crippen LogP contribution in [0.3, 0.4) is 0 Å². The lowest BCUT2D eigenvalue weighted by Crippen LogP contribution is -2.24. The topological polar surface area (TPSA) is 48.3 Å². The number of aryl methyl sites for hydroxylation is 1. The second kappa shape index (κ2) is 7.13. The molecule has 5 heteroatoms. The van der Waals surface area contributed by atoms with Gasteiger partial charge in [-0.3, -0.25) is 4.68 Å². The number of aromatic nitrogens is 2. The highest BCUT2D eigenvalue weighted by molar-refractivity contribution is 5.50. The van der Waals surface area contributed by atoms with Crippen LogP contribution in [0.2, 0.25) is 0 Å². The first kappa shape index (κ1) is 15.4. The van der Waals surface area contributed by atoms with E-state index >= 15 is 0 Å². The van der Waals surface area contributed by atoms with Crippen molar-refractivity contribution in [3.05, 3.63) is 41.7 Å². The van der Waals surface area contributed by atoms with E-state index in [0.29, 0.717) is 0 Å². The summed E-state index contributed by atoms with van der Waals surface area (Å²) in [5.74, 6) is 1.48. The Hall–Kier alpha value is -2.01. The second-order valence-electron chi connectivity index (χ2n) is 4.88. The standard InChI is InChI=1S/C16H23N3O2/c1-5-10-17-15(13-9-11-19(2)18-13)12-7-6-8-14(20-3)16(12)21-4/h6-9,11,15,17H,5,10H2,1-4H3. The van der Waals surface area contributed by atoms with Crippen molar-refractivity contribution in [2.75, 3.05) is 20.8 Å². The Kier molecular flexibility index (Phi) is 5.22. The lowest BCUT2D eigenvalue weighted by Gasteiger charge is -2.21. The maximum Gasteiger partial charge on any atom is 0.165 e. The number of nitrogens with one attached hydrogen (secondary N) is 1. The fraction of sp³-hybridized carbons (Fsp3) is 0.438. The summed E-state index contributed by atoms with van der Waals surface area (Å²) in [5, 5.41) is 8.06. The van der Waals surface area contributed by atoms with Crippen molar-refractivity contribution >= 4 is 0 Å². The number of rotatable bonds is 7. The van der Waals surface area contributed by atoms with Gasteiger partial charge in [-0.05, 0) is 25.1 Å². The zero-order chi connectivity index (χ0) is 15.2. The number of methoxy groups -OCH3 is 2. The van der Waals surface area contributed by atoms with Crippen molar-refractivity contribution in [1.82, 2.24) is 15.1 Å². The van der Waals surface area contributed by atoms with Gasteiger partial charge < -0.3 is 14.8 Å². The van der Waals surface area contributed by atoms with E-state index in [1.54, 1.807) is 14.2 Å². The molecule has 0 aliphatic heterocycles. The van der Waals surface area contributed by atoms with Crippen LogP contribution in [0.25, 0.3) is 0 Å². The van der Waals surface area contributed by atoms with E-state index in [-0.39, 0.29) is 6.04 Å². The average molecular weight is 289 g/mol. The normalized spacial score (nSPS) is 12.2. The molecule has 0 spiro atoms. The van der Waals surface area contributed by atoms with Crippen LogP contribution < -0.4 is 14.8 Å². The molecule has 1 aromatic carbocycles. The molecule has 1 atom stereocenters. The molecule has 0 radical (unpaired) electrons. The third kappa shape index (κ3) is 3.36. The maximum absolute atomic E-state index is 5.56. The van der Waals surface area contributed by atoms with Crippen molar-refractivity contribution in [1.29, 1.82) is 0 Å². The molecule has 21 heavy (non-hydrogen) atoms. The number of ether oxygens (including phenoxy) is 2. The molecule has 0 saturated heterocycles. The number of para-hydroxylation sites is 1. The van der Waals surface area contributed by atoms with Crippen molar-refractivity contribution in [2.24, 2.45) is 7.05 Å². The van der Waals surface area contributed by atoms with E-state index in [1.165, 1.54) is 0 Å². The first-order valence-corrected chi connectivity index (χ1v) is 7.15. The van der Waals surface area contributed by atoms with Gasteiger partial charge in [0.15, 0.2) is 11.5 Å².